The summed E-state index contributed by atoms with van der Waals surface area (Å²) >= 11 is 0. The number of rotatable bonds is 3. The van der Waals surface area contributed by atoms with Crippen molar-refractivity contribution in [1.29, 1.82) is 0 Å². The van der Waals surface area contributed by atoms with Gasteiger partial charge in [0.2, 0.25) is 0 Å². The number of halogens is 3. The minimum atomic E-state index is -4.32. The van der Waals surface area contributed by atoms with Crippen molar-refractivity contribution in [3.8, 4) is 0 Å². The molecule has 0 bridgehead atoms. The second kappa shape index (κ2) is 7.04. The smallest absolute Gasteiger partial charge is 0.306 e. The molecule has 1 nitrogen and oxygen atoms in total. The zero-order chi connectivity index (χ0) is 18.0. The van der Waals surface area contributed by atoms with Crippen molar-refractivity contribution in [2.75, 3.05) is 20.6 Å². The Morgan fingerprint density at radius 2 is 1.68 bits per heavy atom. The van der Waals surface area contributed by atoms with Crippen molar-refractivity contribution < 1.29 is 13.2 Å². The van der Waals surface area contributed by atoms with E-state index < -0.39 is 11.7 Å². The van der Waals surface area contributed by atoms with Gasteiger partial charge in [0.05, 0.1) is 5.56 Å². The molecule has 0 fully saturated rings. The number of fused-ring (bicyclic) bond motifs is 2. The summed E-state index contributed by atoms with van der Waals surface area (Å²) < 4.78 is 39.6. The third-order valence-corrected chi connectivity index (χ3v) is 4.66. The zero-order valence-corrected chi connectivity index (χ0v) is 14.5. The number of benzene rings is 2. The highest BCUT2D eigenvalue weighted by Gasteiger charge is 2.32. The summed E-state index contributed by atoms with van der Waals surface area (Å²) in [5.74, 6) is -0.143. The molecular weight excluding hydrogens is 323 g/mol. The Hall–Kier alpha value is -2.07. The van der Waals surface area contributed by atoms with E-state index in [0.29, 0.717) is 0 Å². The normalized spacial score (nSPS) is 17.4. The molecule has 0 heterocycles. The van der Waals surface area contributed by atoms with Crippen LogP contribution in [-0.4, -0.2) is 25.5 Å². The predicted molar refractivity (Wildman–Crippen MR) is 94.8 cm³/mol. The van der Waals surface area contributed by atoms with E-state index in [9.17, 15) is 13.2 Å². The molecule has 25 heavy (non-hydrogen) atoms. The quantitative estimate of drug-likeness (QED) is 0.703. The van der Waals surface area contributed by atoms with Gasteiger partial charge < -0.3 is 4.90 Å². The van der Waals surface area contributed by atoms with Crippen molar-refractivity contribution in [1.82, 2.24) is 4.90 Å². The van der Waals surface area contributed by atoms with Gasteiger partial charge in [-0.2, -0.15) is 13.2 Å². The van der Waals surface area contributed by atoms with Crippen molar-refractivity contribution in [3.05, 3.63) is 82.4 Å². The Morgan fingerprint density at radius 3 is 2.36 bits per heavy atom. The van der Waals surface area contributed by atoms with Gasteiger partial charge in [-0.25, -0.2) is 0 Å². The minimum Gasteiger partial charge on any atom is -0.306 e. The van der Waals surface area contributed by atoms with E-state index in [1.54, 1.807) is 6.07 Å². The summed E-state index contributed by atoms with van der Waals surface area (Å²) in [5.41, 5.74) is 3.53. The fourth-order valence-electron chi connectivity index (χ4n) is 3.41. The van der Waals surface area contributed by atoms with E-state index in [2.05, 4.69) is 6.07 Å². The lowest BCUT2D eigenvalue weighted by molar-refractivity contribution is -0.137. The summed E-state index contributed by atoms with van der Waals surface area (Å²) in [6.45, 7) is 0.757. The summed E-state index contributed by atoms with van der Waals surface area (Å²) in [5, 5.41) is 0. The van der Waals surface area contributed by atoms with E-state index >= 15 is 0 Å². The Balaban J connectivity index is 2.11. The van der Waals surface area contributed by atoms with Crippen LogP contribution >= 0.6 is 0 Å². The third kappa shape index (κ3) is 3.96. The highest BCUT2D eigenvalue weighted by Crippen LogP contribution is 2.38. The van der Waals surface area contributed by atoms with E-state index in [1.165, 1.54) is 17.7 Å². The number of nitrogens with zero attached hydrogens (tertiary/aromatic N) is 1. The van der Waals surface area contributed by atoms with Gasteiger partial charge in [-0.3, -0.25) is 0 Å². The molecule has 132 valence electrons. The molecule has 0 spiro atoms. The van der Waals surface area contributed by atoms with Gasteiger partial charge in [0.15, 0.2) is 0 Å². The van der Waals surface area contributed by atoms with Crippen LogP contribution in [-0.2, 0) is 19.0 Å². The molecule has 1 atom stereocenters. The monoisotopic (exact) mass is 345 g/mol. The standard InChI is InChI=1S/C21H22F3N/c1-25(2)13-5-8-19-18-7-4-3-6-15(18)9-10-16-11-12-17(14-20(16)19)21(22,23)24/h3-8,11-12,14,19H,9-10,13H2,1-2H3/b8-5+. The molecule has 1 unspecified atom stereocenters. The van der Waals surface area contributed by atoms with Gasteiger partial charge in [-0.05, 0) is 61.3 Å². The van der Waals surface area contributed by atoms with Gasteiger partial charge in [-0.15, -0.1) is 0 Å². The third-order valence-electron chi connectivity index (χ3n) is 4.66. The van der Waals surface area contributed by atoms with Crippen LogP contribution in [0.2, 0.25) is 0 Å². The lowest BCUT2D eigenvalue weighted by Gasteiger charge is -2.19. The second-order valence-corrected chi connectivity index (χ2v) is 6.78. The summed E-state index contributed by atoms with van der Waals surface area (Å²) in [7, 11) is 3.95. The van der Waals surface area contributed by atoms with Gasteiger partial charge in [0.1, 0.15) is 0 Å². The molecule has 4 heteroatoms. The highest BCUT2D eigenvalue weighted by molar-refractivity contribution is 5.49. The van der Waals surface area contributed by atoms with Gasteiger partial charge in [0.25, 0.3) is 0 Å². The van der Waals surface area contributed by atoms with Crippen LogP contribution in [0.3, 0.4) is 0 Å². The maximum Gasteiger partial charge on any atom is 0.416 e. The summed E-state index contributed by atoms with van der Waals surface area (Å²) in [4.78, 5) is 2.03. The van der Waals surface area contributed by atoms with Crippen molar-refractivity contribution in [3.63, 3.8) is 0 Å². The Kier molecular flexibility index (Phi) is 5.00. The number of hydrogen-bond acceptors (Lipinski definition) is 1. The maximum atomic E-state index is 13.2. The first-order valence-corrected chi connectivity index (χ1v) is 8.45. The zero-order valence-electron chi connectivity index (χ0n) is 14.5. The van der Waals surface area contributed by atoms with Crippen LogP contribution in [0.15, 0.2) is 54.6 Å². The molecule has 0 aliphatic heterocycles. The number of hydrogen-bond donors (Lipinski definition) is 0. The Morgan fingerprint density at radius 1 is 1.00 bits per heavy atom. The largest absolute Gasteiger partial charge is 0.416 e. The van der Waals surface area contributed by atoms with E-state index in [1.807, 2.05) is 49.3 Å². The highest BCUT2D eigenvalue weighted by atomic mass is 19.4. The van der Waals surface area contributed by atoms with Crippen molar-refractivity contribution >= 4 is 0 Å². The molecule has 2 aromatic carbocycles. The molecule has 1 aliphatic rings. The van der Waals surface area contributed by atoms with E-state index in [4.69, 9.17) is 0 Å². The molecule has 0 amide bonds. The van der Waals surface area contributed by atoms with Crippen LogP contribution < -0.4 is 0 Å². The minimum absolute atomic E-state index is 0.143. The molecule has 2 aromatic rings. The molecule has 1 aliphatic carbocycles. The SMILES string of the molecule is CN(C)C/C=C/C1c2ccccc2CCc2ccc(C(F)(F)F)cc21. The molecular formula is C21H22F3N. The number of allylic oxidation sites excluding steroid dienone is 1. The Labute approximate surface area is 146 Å². The fourth-order valence-corrected chi connectivity index (χ4v) is 3.41. The molecule has 3 rings (SSSR count). The van der Waals surface area contributed by atoms with Gasteiger partial charge >= 0.3 is 6.18 Å². The number of alkyl halides is 3. The van der Waals surface area contributed by atoms with Gasteiger partial charge in [-0.1, -0.05) is 42.5 Å². The summed E-state index contributed by atoms with van der Waals surface area (Å²) in [6.07, 6.45) is 1.38. The average molecular weight is 345 g/mol. The second-order valence-electron chi connectivity index (χ2n) is 6.78. The van der Waals surface area contributed by atoms with Crippen LogP contribution in [0.25, 0.3) is 0 Å². The molecule has 0 aromatic heterocycles. The van der Waals surface area contributed by atoms with Crippen molar-refractivity contribution in [2.24, 2.45) is 0 Å². The number of aryl methyl sites for hydroxylation is 2. The van der Waals surface area contributed by atoms with Gasteiger partial charge in [0, 0.05) is 12.5 Å². The van der Waals surface area contributed by atoms with Crippen LogP contribution in [0.4, 0.5) is 13.2 Å². The van der Waals surface area contributed by atoms with E-state index in [0.717, 1.165) is 36.1 Å². The maximum absolute atomic E-state index is 13.2. The van der Waals surface area contributed by atoms with Crippen molar-refractivity contribution in [2.45, 2.75) is 24.9 Å². The lowest BCUT2D eigenvalue weighted by atomic mass is 9.86. The molecule has 0 saturated carbocycles. The molecule has 0 N–H and O–H groups in total. The first-order valence-electron chi connectivity index (χ1n) is 8.45. The summed E-state index contributed by atoms with van der Waals surface area (Å²) in [6, 6.07) is 12.3. The topological polar surface area (TPSA) is 3.24 Å². The fraction of sp³-hybridized carbons (Fsp3) is 0.333. The molecule has 0 radical (unpaired) electrons. The predicted octanol–water partition coefficient (Wildman–Crippen LogP) is 5.05. The molecule has 0 saturated heterocycles. The number of likely N-dealkylation sites (N-methyl/N-ethyl adjacent to an activating group) is 1. The first-order chi connectivity index (χ1) is 11.9. The Bertz CT molecular complexity index is 775. The van der Waals surface area contributed by atoms with Crippen LogP contribution in [0.1, 0.15) is 33.7 Å². The van der Waals surface area contributed by atoms with Crippen LogP contribution in [0.5, 0.6) is 0 Å². The van der Waals surface area contributed by atoms with Crippen LogP contribution in [0, 0.1) is 0 Å². The lowest BCUT2D eigenvalue weighted by Crippen LogP contribution is -2.11. The van der Waals surface area contributed by atoms with E-state index in [-0.39, 0.29) is 5.92 Å². The first kappa shape index (κ1) is 17.7. The average Bonchev–Trinajstić information content (AvgIpc) is 2.71.